The van der Waals surface area contributed by atoms with Crippen LogP contribution in [-0.2, 0) is 24.0 Å². The van der Waals surface area contributed by atoms with Gasteiger partial charge in [0.25, 0.3) is 17.2 Å². The van der Waals surface area contributed by atoms with E-state index < -0.39 is 46.9 Å². The standard InChI is InChI=1S/C28H33F4N7O4S/c1-16-5-6-18(23(11-16)39(3)44(41)42)13-33-25-19(28(30,31)32)14-34-27(37-25)36-22-8-7-17(12-24(22)43-4)26(40)35-21-9-10-38(2)15-20(21)29/h5-8,11-12,14,20-21H,9-10,13,15H2,1-4H3,(H,35,40)(H,41,42)(H2,33,34,36,37)/t20-,21-/m1/s1. The fourth-order valence-corrected chi connectivity index (χ4v) is 5.03. The van der Waals surface area contributed by atoms with Crippen molar-refractivity contribution in [1.82, 2.24) is 20.2 Å². The SMILES string of the molecule is COc1cc(C(=O)N[C@@H]2CCN(C)C[C@H]2F)ccc1Nc1ncc(C(F)(F)F)c(NCc2ccc(C)cc2N(C)S(=O)O)n1. The van der Waals surface area contributed by atoms with Crippen LogP contribution in [0.15, 0.2) is 42.6 Å². The number of amides is 1. The third kappa shape index (κ3) is 7.92. The van der Waals surface area contributed by atoms with Gasteiger partial charge in [-0.05, 0) is 55.8 Å². The third-order valence-corrected chi connectivity index (χ3v) is 7.79. The Morgan fingerprint density at radius 1 is 1.25 bits per heavy atom. The molecule has 3 aromatic rings. The molecule has 0 spiro atoms. The molecule has 0 saturated carbocycles. The Morgan fingerprint density at radius 2 is 2.00 bits per heavy atom. The van der Waals surface area contributed by atoms with E-state index in [-0.39, 0.29) is 36.0 Å². The van der Waals surface area contributed by atoms with E-state index in [2.05, 4.69) is 25.9 Å². The normalized spacial score (nSPS) is 17.9. The first-order valence-corrected chi connectivity index (χ1v) is 14.5. The van der Waals surface area contributed by atoms with Crippen LogP contribution < -0.4 is 25.0 Å². The van der Waals surface area contributed by atoms with Crippen LogP contribution in [-0.4, -0.2) is 76.0 Å². The first-order valence-electron chi connectivity index (χ1n) is 13.5. The van der Waals surface area contributed by atoms with Crippen molar-refractivity contribution in [2.45, 2.75) is 38.3 Å². The highest BCUT2D eigenvalue weighted by Crippen LogP contribution is 2.35. The number of methoxy groups -OCH3 is 1. The lowest BCUT2D eigenvalue weighted by atomic mass is 10.0. The first-order chi connectivity index (χ1) is 20.8. The zero-order chi connectivity index (χ0) is 32.2. The number of carbonyl (C=O) groups is 1. The molecule has 1 saturated heterocycles. The maximum Gasteiger partial charge on any atom is 0.421 e. The fourth-order valence-electron chi connectivity index (χ4n) is 4.69. The van der Waals surface area contributed by atoms with Crippen LogP contribution in [0.25, 0.3) is 0 Å². The lowest BCUT2D eigenvalue weighted by Crippen LogP contribution is -2.51. The smallest absolute Gasteiger partial charge is 0.421 e. The summed E-state index contributed by atoms with van der Waals surface area (Å²) in [5, 5.41) is 8.21. The molecule has 11 nitrogen and oxygen atoms in total. The van der Waals surface area contributed by atoms with Crippen LogP contribution in [0.3, 0.4) is 0 Å². The van der Waals surface area contributed by atoms with E-state index in [1.54, 1.807) is 25.1 Å². The van der Waals surface area contributed by atoms with Crippen LogP contribution in [0, 0.1) is 6.92 Å². The van der Waals surface area contributed by atoms with Crippen molar-refractivity contribution in [2.75, 3.05) is 49.2 Å². The predicted octanol–water partition coefficient (Wildman–Crippen LogP) is 4.51. The van der Waals surface area contributed by atoms with Gasteiger partial charge in [-0.25, -0.2) is 13.6 Å². The summed E-state index contributed by atoms with van der Waals surface area (Å²) >= 11 is -2.35. The molecule has 0 radical (unpaired) electrons. The predicted molar refractivity (Wildman–Crippen MR) is 159 cm³/mol. The monoisotopic (exact) mass is 639 g/mol. The summed E-state index contributed by atoms with van der Waals surface area (Å²) in [6, 6.07) is 8.74. The van der Waals surface area contributed by atoms with Crippen molar-refractivity contribution in [2.24, 2.45) is 0 Å². The lowest BCUT2D eigenvalue weighted by Gasteiger charge is -2.32. The van der Waals surface area contributed by atoms with Crippen molar-refractivity contribution in [1.29, 1.82) is 0 Å². The highest BCUT2D eigenvalue weighted by molar-refractivity contribution is 7.80. The van der Waals surface area contributed by atoms with Gasteiger partial charge in [-0.15, -0.1) is 0 Å². The summed E-state index contributed by atoms with van der Waals surface area (Å²) in [5.41, 5.74) is 0.955. The first kappa shape index (κ1) is 32.9. The second kappa shape index (κ2) is 13.7. The van der Waals surface area contributed by atoms with Gasteiger partial charge in [0.15, 0.2) is 0 Å². The Morgan fingerprint density at radius 3 is 2.66 bits per heavy atom. The number of aromatic nitrogens is 2. The van der Waals surface area contributed by atoms with E-state index in [1.807, 2.05) is 11.9 Å². The summed E-state index contributed by atoms with van der Waals surface area (Å²) in [4.78, 5) is 22.5. The van der Waals surface area contributed by atoms with Gasteiger partial charge in [0.1, 0.15) is 23.3 Å². The molecule has 1 amide bonds. The van der Waals surface area contributed by atoms with E-state index in [4.69, 9.17) is 4.74 Å². The van der Waals surface area contributed by atoms with E-state index in [1.165, 1.54) is 32.4 Å². The summed E-state index contributed by atoms with van der Waals surface area (Å²) in [7, 11) is 4.55. The molecule has 2 heterocycles. The number of piperidine rings is 1. The van der Waals surface area contributed by atoms with Crippen LogP contribution in [0.5, 0.6) is 5.75 Å². The summed E-state index contributed by atoms with van der Waals surface area (Å²) in [5.74, 6) is -1.03. The van der Waals surface area contributed by atoms with Gasteiger partial charge in [-0.2, -0.15) is 18.2 Å². The average molecular weight is 640 g/mol. The van der Waals surface area contributed by atoms with Crippen molar-refractivity contribution < 1.29 is 35.9 Å². The van der Waals surface area contributed by atoms with Gasteiger partial charge < -0.3 is 25.6 Å². The molecule has 0 bridgehead atoms. The number of benzene rings is 2. The van der Waals surface area contributed by atoms with Crippen LogP contribution in [0.1, 0.15) is 33.5 Å². The van der Waals surface area contributed by atoms with Crippen LogP contribution >= 0.6 is 0 Å². The molecule has 4 N–H and O–H groups in total. The molecular weight excluding hydrogens is 606 g/mol. The Labute approximate surface area is 254 Å². The third-order valence-electron chi connectivity index (χ3n) is 7.13. The molecular formula is C28H33F4N7O4S. The fraction of sp³-hybridized carbons (Fsp3) is 0.393. The number of aryl methyl sites for hydroxylation is 1. The highest BCUT2D eigenvalue weighted by Gasteiger charge is 2.35. The lowest BCUT2D eigenvalue weighted by molar-refractivity contribution is -0.137. The second-order valence-corrected chi connectivity index (χ2v) is 11.4. The maximum atomic E-state index is 14.4. The van der Waals surface area contributed by atoms with Crippen molar-refractivity contribution in [3.05, 3.63) is 64.8 Å². The zero-order valence-corrected chi connectivity index (χ0v) is 25.2. The van der Waals surface area contributed by atoms with E-state index >= 15 is 0 Å². The zero-order valence-electron chi connectivity index (χ0n) is 24.4. The molecule has 2 aromatic carbocycles. The number of hydrogen-bond donors (Lipinski definition) is 4. The summed E-state index contributed by atoms with van der Waals surface area (Å²) in [6.07, 6.45) is -4.90. The number of likely N-dealkylation sites (tertiary alicyclic amines) is 1. The van der Waals surface area contributed by atoms with Gasteiger partial charge in [0.05, 0.1) is 24.5 Å². The van der Waals surface area contributed by atoms with E-state index in [0.29, 0.717) is 30.4 Å². The molecule has 238 valence electrons. The Bertz CT molecular complexity index is 1530. The Hall–Kier alpha value is -4.02. The highest BCUT2D eigenvalue weighted by atomic mass is 32.2. The number of anilines is 4. The number of hydrogen-bond acceptors (Lipinski definition) is 8. The van der Waals surface area contributed by atoms with Crippen LogP contribution in [0.4, 0.5) is 40.7 Å². The Balaban J connectivity index is 1.55. The molecule has 16 heteroatoms. The molecule has 1 aliphatic heterocycles. The largest absolute Gasteiger partial charge is 0.495 e. The number of halogens is 4. The number of alkyl halides is 4. The molecule has 1 aliphatic rings. The molecule has 4 rings (SSSR count). The minimum Gasteiger partial charge on any atom is -0.495 e. The number of nitrogens with zero attached hydrogens (tertiary/aromatic N) is 4. The van der Waals surface area contributed by atoms with Crippen LogP contribution in [0.2, 0.25) is 0 Å². The summed E-state index contributed by atoms with van der Waals surface area (Å²) in [6.45, 7) is 2.49. The van der Waals surface area contributed by atoms with Gasteiger partial charge in [0, 0.05) is 38.4 Å². The van der Waals surface area contributed by atoms with Crippen molar-refractivity contribution in [3.8, 4) is 5.75 Å². The second-order valence-electron chi connectivity index (χ2n) is 10.4. The van der Waals surface area contributed by atoms with E-state index in [9.17, 15) is 31.1 Å². The number of ether oxygens (including phenoxy) is 1. The van der Waals surface area contributed by atoms with Crippen molar-refractivity contribution in [3.63, 3.8) is 0 Å². The maximum absolute atomic E-state index is 14.4. The molecule has 1 fully saturated rings. The Kier molecular flexibility index (Phi) is 10.3. The molecule has 3 atom stereocenters. The molecule has 1 aromatic heterocycles. The van der Waals surface area contributed by atoms with E-state index in [0.717, 1.165) is 9.87 Å². The van der Waals surface area contributed by atoms with Gasteiger partial charge >= 0.3 is 6.18 Å². The van der Waals surface area contributed by atoms with Crippen molar-refractivity contribution >= 4 is 40.3 Å². The van der Waals surface area contributed by atoms with Gasteiger partial charge in [-0.3, -0.25) is 13.7 Å². The van der Waals surface area contributed by atoms with Gasteiger partial charge in [-0.1, -0.05) is 12.1 Å². The number of nitrogens with one attached hydrogen (secondary N) is 3. The summed E-state index contributed by atoms with van der Waals surface area (Å²) < 4.78 is 83.6. The minimum absolute atomic E-state index is 0.152. The molecule has 1 unspecified atom stereocenters. The average Bonchev–Trinajstić information content (AvgIpc) is 2.97. The minimum atomic E-state index is -4.78. The number of rotatable bonds is 10. The molecule has 44 heavy (non-hydrogen) atoms. The topological polar surface area (TPSA) is 132 Å². The molecule has 0 aliphatic carbocycles. The van der Waals surface area contributed by atoms with Gasteiger partial charge in [0.2, 0.25) is 5.95 Å². The quantitative estimate of drug-likeness (QED) is 0.187. The number of carbonyl (C=O) groups excluding carboxylic acids is 1.